The van der Waals surface area contributed by atoms with Gasteiger partial charge in [0.2, 0.25) is 5.88 Å². The minimum Gasteiger partial charge on any atom is -0.474 e. The van der Waals surface area contributed by atoms with Crippen LogP contribution in [0.25, 0.3) is 5.69 Å². The number of carbonyl (C=O) groups is 1. The van der Waals surface area contributed by atoms with Gasteiger partial charge in [-0.1, -0.05) is 17.7 Å². The van der Waals surface area contributed by atoms with Crippen molar-refractivity contribution >= 4 is 17.6 Å². The number of hydrogen-bond donors (Lipinski definition) is 0. The SMILES string of the molecule is COC(=O)C1Cc2cc(Cl)ccc2-n2c(nnc2[C@H]2CC[C@H](Oc3ccccn3)CC2)C1. The number of rotatable bonds is 4. The van der Waals surface area contributed by atoms with Crippen LogP contribution in [0, 0.1) is 5.92 Å². The van der Waals surface area contributed by atoms with Crippen molar-refractivity contribution in [3.63, 3.8) is 0 Å². The number of pyridine rings is 1. The van der Waals surface area contributed by atoms with Crippen LogP contribution < -0.4 is 4.74 Å². The van der Waals surface area contributed by atoms with E-state index in [9.17, 15) is 4.79 Å². The van der Waals surface area contributed by atoms with E-state index >= 15 is 0 Å². The van der Waals surface area contributed by atoms with Crippen molar-refractivity contribution in [2.24, 2.45) is 5.92 Å². The van der Waals surface area contributed by atoms with Crippen LogP contribution in [-0.4, -0.2) is 38.9 Å². The minimum atomic E-state index is -0.307. The second-order valence-corrected chi connectivity index (χ2v) is 8.91. The number of fused-ring (bicyclic) bond motifs is 3. The molecular formula is C24H25ClN4O3. The molecule has 0 saturated heterocycles. The van der Waals surface area contributed by atoms with E-state index in [-0.39, 0.29) is 23.9 Å². The van der Waals surface area contributed by atoms with Crippen molar-refractivity contribution < 1.29 is 14.3 Å². The summed E-state index contributed by atoms with van der Waals surface area (Å²) < 4.78 is 13.2. The monoisotopic (exact) mass is 452 g/mol. The smallest absolute Gasteiger partial charge is 0.309 e. The van der Waals surface area contributed by atoms with Crippen molar-refractivity contribution in [1.29, 1.82) is 0 Å². The van der Waals surface area contributed by atoms with Crippen LogP contribution in [0.5, 0.6) is 5.88 Å². The van der Waals surface area contributed by atoms with Crippen LogP contribution in [0.15, 0.2) is 42.6 Å². The van der Waals surface area contributed by atoms with Gasteiger partial charge in [-0.25, -0.2) is 4.98 Å². The summed E-state index contributed by atoms with van der Waals surface area (Å²) in [7, 11) is 1.42. The number of benzene rings is 1. The van der Waals surface area contributed by atoms with Crippen LogP contribution in [0.1, 0.15) is 48.8 Å². The van der Waals surface area contributed by atoms with Crippen molar-refractivity contribution in [2.45, 2.75) is 50.5 Å². The van der Waals surface area contributed by atoms with Crippen molar-refractivity contribution in [2.75, 3.05) is 7.11 Å². The molecule has 7 nitrogen and oxygen atoms in total. The molecule has 1 aromatic carbocycles. The molecule has 5 rings (SSSR count). The topological polar surface area (TPSA) is 79.1 Å². The summed E-state index contributed by atoms with van der Waals surface area (Å²) >= 11 is 6.29. The molecule has 0 radical (unpaired) electrons. The van der Waals surface area contributed by atoms with Crippen LogP contribution in [0.4, 0.5) is 0 Å². The zero-order chi connectivity index (χ0) is 22.1. The van der Waals surface area contributed by atoms with Crippen molar-refractivity contribution in [3.05, 3.63) is 64.8 Å². The summed E-state index contributed by atoms with van der Waals surface area (Å²) in [4.78, 5) is 16.7. The number of hydrogen-bond acceptors (Lipinski definition) is 6. The Morgan fingerprint density at radius 3 is 2.69 bits per heavy atom. The number of halogens is 1. The summed E-state index contributed by atoms with van der Waals surface area (Å²) in [6.07, 6.45) is 6.74. The minimum absolute atomic E-state index is 0.155. The highest BCUT2D eigenvalue weighted by Gasteiger charge is 2.33. The fraction of sp³-hybridized carbons (Fsp3) is 0.417. The molecule has 1 unspecified atom stereocenters. The van der Waals surface area contributed by atoms with E-state index in [1.54, 1.807) is 6.20 Å². The van der Waals surface area contributed by atoms with Gasteiger partial charge in [-0.2, -0.15) is 0 Å². The van der Waals surface area contributed by atoms with E-state index in [0.29, 0.717) is 23.7 Å². The van der Waals surface area contributed by atoms with Gasteiger partial charge in [0, 0.05) is 29.6 Å². The first kappa shape index (κ1) is 20.9. The first-order chi connectivity index (χ1) is 15.6. The fourth-order valence-corrected chi connectivity index (χ4v) is 5.04. The summed E-state index contributed by atoms with van der Waals surface area (Å²) in [5.41, 5.74) is 2.02. The van der Waals surface area contributed by atoms with Gasteiger partial charge in [0.25, 0.3) is 0 Å². The summed E-state index contributed by atoms with van der Waals surface area (Å²) in [6, 6.07) is 11.5. The molecule has 1 saturated carbocycles. The molecular weight excluding hydrogens is 428 g/mol. The third-order valence-corrected chi connectivity index (χ3v) is 6.67. The Kier molecular flexibility index (Phi) is 5.83. The summed E-state index contributed by atoms with van der Waals surface area (Å²) in [5.74, 6) is 2.15. The number of ether oxygens (including phenoxy) is 2. The molecule has 3 heterocycles. The van der Waals surface area contributed by atoms with E-state index in [2.05, 4.69) is 19.7 Å². The lowest BCUT2D eigenvalue weighted by Crippen LogP contribution is -2.25. The average molecular weight is 453 g/mol. The van der Waals surface area contributed by atoms with E-state index < -0.39 is 0 Å². The van der Waals surface area contributed by atoms with Crippen LogP contribution >= 0.6 is 11.6 Å². The highest BCUT2D eigenvalue weighted by molar-refractivity contribution is 6.30. The van der Waals surface area contributed by atoms with Crippen molar-refractivity contribution in [3.8, 4) is 11.6 Å². The zero-order valence-electron chi connectivity index (χ0n) is 17.9. The highest BCUT2D eigenvalue weighted by atomic mass is 35.5. The van der Waals surface area contributed by atoms with E-state index in [1.807, 2.05) is 36.4 Å². The molecule has 0 amide bonds. The normalized spacial score (nSPS) is 22.4. The van der Waals surface area contributed by atoms with Gasteiger partial charge in [-0.3, -0.25) is 9.36 Å². The van der Waals surface area contributed by atoms with E-state index in [1.165, 1.54) is 7.11 Å². The lowest BCUT2D eigenvalue weighted by atomic mass is 9.86. The Morgan fingerprint density at radius 2 is 1.94 bits per heavy atom. The Morgan fingerprint density at radius 1 is 1.09 bits per heavy atom. The first-order valence-electron chi connectivity index (χ1n) is 11.0. The van der Waals surface area contributed by atoms with Crippen molar-refractivity contribution in [1.82, 2.24) is 19.7 Å². The average Bonchev–Trinajstić information content (AvgIpc) is 3.15. The molecule has 1 atom stereocenters. The molecule has 166 valence electrons. The van der Waals surface area contributed by atoms with Gasteiger partial charge in [-0.15, -0.1) is 10.2 Å². The predicted octanol–water partition coefficient (Wildman–Crippen LogP) is 4.31. The van der Waals surface area contributed by atoms with Gasteiger partial charge < -0.3 is 9.47 Å². The molecule has 32 heavy (non-hydrogen) atoms. The van der Waals surface area contributed by atoms with E-state index in [0.717, 1.165) is 48.6 Å². The Bertz CT molecular complexity index is 1110. The molecule has 1 fully saturated rings. The van der Waals surface area contributed by atoms with Gasteiger partial charge in [-0.05, 0) is 61.9 Å². The second-order valence-electron chi connectivity index (χ2n) is 8.47. The number of methoxy groups -OCH3 is 1. The quantitative estimate of drug-likeness (QED) is 0.549. The lowest BCUT2D eigenvalue weighted by molar-refractivity contribution is -0.145. The molecule has 0 N–H and O–H groups in total. The van der Waals surface area contributed by atoms with Gasteiger partial charge >= 0.3 is 5.97 Å². The van der Waals surface area contributed by atoms with E-state index in [4.69, 9.17) is 21.1 Å². The second kappa shape index (κ2) is 8.90. The van der Waals surface area contributed by atoms with Crippen LogP contribution in [0.3, 0.4) is 0 Å². The summed E-state index contributed by atoms with van der Waals surface area (Å²) in [6.45, 7) is 0. The maximum absolute atomic E-state index is 12.4. The fourth-order valence-electron chi connectivity index (χ4n) is 4.84. The maximum Gasteiger partial charge on any atom is 0.309 e. The lowest BCUT2D eigenvalue weighted by Gasteiger charge is -2.28. The van der Waals surface area contributed by atoms with Gasteiger partial charge in [0.15, 0.2) is 0 Å². The van der Waals surface area contributed by atoms with Gasteiger partial charge in [0.1, 0.15) is 17.8 Å². The highest BCUT2D eigenvalue weighted by Crippen LogP contribution is 2.37. The third kappa shape index (κ3) is 4.09. The number of carbonyl (C=O) groups excluding carboxylic acids is 1. The standard InChI is InChI=1S/C24H25ClN4O3/c1-31-24(30)17-12-16-13-18(25)7-10-20(16)29-21(14-17)27-28-23(29)15-5-8-19(9-6-15)32-22-4-2-3-11-26-22/h2-4,7,10-11,13,15,17,19H,5-6,8-9,12,14H2,1H3/t15-,17?,19-. The number of aromatic nitrogens is 4. The number of nitrogens with zero attached hydrogens (tertiary/aromatic N) is 4. The zero-order valence-corrected chi connectivity index (χ0v) is 18.7. The first-order valence-corrected chi connectivity index (χ1v) is 11.4. The molecule has 0 bridgehead atoms. The molecule has 3 aromatic rings. The Balaban J connectivity index is 1.41. The molecule has 8 heteroatoms. The van der Waals surface area contributed by atoms with Gasteiger partial charge in [0.05, 0.1) is 18.7 Å². The van der Waals surface area contributed by atoms with Crippen LogP contribution in [-0.2, 0) is 22.4 Å². The largest absolute Gasteiger partial charge is 0.474 e. The molecule has 0 spiro atoms. The molecule has 1 aliphatic carbocycles. The Hall–Kier alpha value is -2.93. The molecule has 2 aromatic heterocycles. The van der Waals surface area contributed by atoms with Crippen LogP contribution in [0.2, 0.25) is 5.02 Å². The third-order valence-electron chi connectivity index (χ3n) is 6.43. The molecule has 1 aliphatic heterocycles. The molecule has 2 aliphatic rings. The maximum atomic E-state index is 12.4. The number of esters is 1. The predicted molar refractivity (Wildman–Crippen MR) is 119 cm³/mol. The Labute approximate surface area is 191 Å². The summed E-state index contributed by atoms with van der Waals surface area (Å²) in [5, 5.41) is 9.74.